The number of rotatable bonds is 0. The molecular formula is C13H16Cl3NO. The first-order chi connectivity index (χ1) is 8.10. The second-order valence-electron chi connectivity index (χ2n) is 5.84. The molecule has 1 heterocycles. The van der Waals surface area contributed by atoms with E-state index in [0.717, 1.165) is 0 Å². The molecule has 2 aliphatic rings. The third-order valence-electron chi connectivity index (χ3n) is 3.48. The van der Waals surface area contributed by atoms with Crippen LogP contribution in [0.4, 0.5) is 0 Å². The van der Waals surface area contributed by atoms with Gasteiger partial charge in [0.2, 0.25) is 4.33 Å². The summed E-state index contributed by atoms with van der Waals surface area (Å²) < 4.78 is -1.47. The number of allylic oxidation sites excluding steroid dienone is 2. The molecule has 1 aliphatic heterocycles. The second-order valence-corrected chi connectivity index (χ2v) is 7.67. The lowest BCUT2D eigenvalue weighted by Crippen LogP contribution is -2.44. The van der Waals surface area contributed by atoms with Crippen molar-refractivity contribution in [1.29, 1.82) is 0 Å². The van der Waals surface area contributed by atoms with Crippen LogP contribution in [-0.2, 0) is 4.79 Å². The van der Waals surface area contributed by atoms with E-state index in [1.807, 2.05) is 45.1 Å². The lowest BCUT2D eigenvalue weighted by atomic mass is 9.82. The van der Waals surface area contributed by atoms with E-state index in [1.165, 1.54) is 0 Å². The van der Waals surface area contributed by atoms with Gasteiger partial charge in [-0.2, -0.15) is 0 Å². The number of nitrogens with zero attached hydrogens (tertiary/aromatic N) is 1. The van der Waals surface area contributed by atoms with Crippen molar-refractivity contribution < 1.29 is 4.79 Å². The van der Waals surface area contributed by atoms with Gasteiger partial charge in [0.1, 0.15) is 0 Å². The Labute approximate surface area is 123 Å². The van der Waals surface area contributed by atoms with E-state index in [9.17, 15) is 4.79 Å². The summed E-state index contributed by atoms with van der Waals surface area (Å²) in [6.45, 7) is 6.37. The molecule has 0 radical (unpaired) electrons. The summed E-state index contributed by atoms with van der Waals surface area (Å²) >= 11 is 18.6. The summed E-state index contributed by atoms with van der Waals surface area (Å²) in [7, 11) is 0. The van der Waals surface area contributed by atoms with Crippen molar-refractivity contribution in [2.45, 2.75) is 36.0 Å². The standard InChI is InChI=1S/C13H16Cl3NO/c1-11(2,3)17-8-12(13(15,16)10(17)18)6-4-9(14)5-7-12/h4-7,9H,8H2,1-3H3. The Hall–Kier alpha value is -0.180. The minimum absolute atomic E-state index is 0.168. The molecule has 1 aliphatic carbocycles. The van der Waals surface area contributed by atoms with E-state index in [-0.39, 0.29) is 16.8 Å². The minimum atomic E-state index is -1.47. The fourth-order valence-electron chi connectivity index (χ4n) is 2.30. The molecule has 18 heavy (non-hydrogen) atoms. The van der Waals surface area contributed by atoms with Gasteiger partial charge in [0.25, 0.3) is 5.91 Å². The highest BCUT2D eigenvalue weighted by molar-refractivity contribution is 6.59. The van der Waals surface area contributed by atoms with Crippen LogP contribution in [0.5, 0.6) is 0 Å². The quantitative estimate of drug-likeness (QED) is 0.495. The Kier molecular flexibility index (Phi) is 3.29. The average Bonchev–Trinajstić information content (AvgIpc) is 2.44. The van der Waals surface area contributed by atoms with Gasteiger partial charge in [0.05, 0.1) is 10.8 Å². The number of hydrogen-bond donors (Lipinski definition) is 0. The maximum atomic E-state index is 12.4. The summed E-state index contributed by atoms with van der Waals surface area (Å²) in [6, 6.07) is 0. The maximum absolute atomic E-state index is 12.4. The number of carbonyl (C=O) groups is 1. The van der Waals surface area contributed by atoms with Crippen molar-refractivity contribution in [2.24, 2.45) is 5.41 Å². The Morgan fingerprint density at radius 1 is 1.28 bits per heavy atom. The highest BCUT2D eigenvalue weighted by Crippen LogP contribution is 2.53. The van der Waals surface area contributed by atoms with Crippen molar-refractivity contribution in [3.05, 3.63) is 24.3 Å². The molecule has 100 valence electrons. The molecule has 1 saturated heterocycles. The van der Waals surface area contributed by atoms with Gasteiger partial charge in [0.15, 0.2) is 0 Å². The molecule has 1 amide bonds. The predicted octanol–water partition coefficient (Wildman–Crippen LogP) is 3.52. The van der Waals surface area contributed by atoms with Gasteiger partial charge >= 0.3 is 0 Å². The summed E-state index contributed by atoms with van der Waals surface area (Å²) in [5.41, 5.74) is -0.999. The molecule has 0 aromatic rings. The fraction of sp³-hybridized carbons (Fsp3) is 0.615. The Morgan fingerprint density at radius 3 is 2.17 bits per heavy atom. The normalized spacial score (nSPS) is 34.7. The lowest BCUT2D eigenvalue weighted by molar-refractivity contribution is -0.132. The molecule has 2 rings (SSSR count). The molecule has 2 nitrogen and oxygen atoms in total. The van der Waals surface area contributed by atoms with Gasteiger partial charge < -0.3 is 4.90 Å². The molecular weight excluding hydrogens is 293 g/mol. The summed E-state index contributed by atoms with van der Waals surface area (Å²) in [5, 5.41) is -0.168. The third-order valence-corrected chi connectivity index (χ3v) is 4.80. The molecule has 0 bridgehead atoms. The largest absolute Gasteiger partial charge is 0.334 e. The fourth-order valence-corrected chi connectivity index (χ4v) is 3.03. The Morgan fingerprint density at radius 2 is 1.78 bits per heavy atom. The zero-order valence-electron chi connectivity index (χ0n) is 10.6. The smallest absolute Gasteiger partial charge is 0.260 e. The van der Waals surface area contributed by atoms with E-state index < -0.39 is 9.75 Å². The zero-order chi connectivity index (χ0) is 13.8. The highest BCUT2D eigenvalue weighted by atomic mass is 35.5. The van der Waals surface area contributed by atoms with E-state index >= 15 is 0 Å². The lowest BCUT2D eigenvalue weighted by Gasteiger charge is -2.33. The van der Waals surface area contributed by atoms with Gasteiger partial charge in [-0.05, 0) is 20.8 Å². The van der Waals surface area contributed by atoms with Gasteiger partial charge in [-0.1, -0.05) is 47.5 Å². The van der Waals surface area contributed by atoms with Gasteiger partial charge in [-0.25, -0.2) is 0 Å². The molecule has 0 unspecified atom stereocenters. The van der Waals surface area contributed by atoms with E-state index in [4.69, 9.17) is 34.8 Å². The van der Waals surface area contributed by atoms with Crippen LogP contribution in [0.15, 0.2) is 24.3 Å². The number of alkyl halides is 3. The van der Waals surface area contributed by atoms with Gasteiger partial charge in [0, 0.05) is 12.1 Å². The summed E-state index contributed by atoms with van der Waals surface area (Å²) in [6.07, 6.45) is 7.35. The van der Waals surface area contributed by atoms with Crippen LogP contribution in [0.25, 0.3) is 0 Å². The van der Waals surface area contributed by atoms with Crippen LogP contribution in [0, 0.1) is 5.41 Å². The van der Waals surface area contributed by atoms with Gasteiger partial charge in [-0.3, -0.25) is 4.79 Å². The molecule has 0 aromatic heterocycles. The molecule has 0 N–H and O–H groups in total. The van der Waals surface area contributed by atoms with Crippen molar-refractivity contribution >= 4 is 40.7 Å². The number of amides is 1. The molecule has 1 fully saturated rings. The topological polar surface area (TPSA) is 20.3 Å². The first-order valence-corrected chi connectivity index (χ1v) is 7.02. The average molecular weight is 309 g/mol. The molecule has 0 saturated carbocycles. The van der Waals surface area contributed by atoms with Crippen molar-refractivity contribution in [2.75, 3.05) is 6.54 Å². The number of halogens is 3. The molecule has 1 spiro atoms. The van der Waals surface area contributed by atoms with E-state index in [2.05, 4.69) is 0 Å². The Bertz CT molecular complexity index is 420. The van der Waals surface area contributed by atoms with Gasteiger partial charge in [-0.15, -0.1) is 11.6 Å². The zero-order valence-corrected chi connectivity index (χ0v) is 12.9. The van der Waals surface area contributed by atoms with Crippen molar-refractivity contribution in [1.82, 2.24) is 4.90 Å². The minimum Gasteiger partial charge on any atom is -0.334 e. The Balaban J connectivity index is 2.44. The van der Waals surface area contributed by atoms with Crippen molar-refractivity contribution in [3.8, 4) is 0 Å². The second kappa shape index (κ2) is 4.16. The number of hydrogen-bond acceptors (Lipinski definition) is 1. The monoisotopic (exact) mass is 307 g/mol. The molecule has 5 heteroatoms. The van der Waals surface area contributed by atoms with Crippen LogP contribution >= 0.6 is 34.8 Å². The first kappa shape index (κ1) is 14.2. The van der Waals surface area contributed by atoms with Crippen LogP contribution in [0.2, 0.25) is 0 Å². The van der Waals surface area contributed by atoms with Crippen LogP contribution in [-0.4, -0.2) is 32.6 Å². The number of carbonyl (C=O) groups excluding carboxylic acids is 1. The predicted molar refractivity (Wildman–Crippen MR) is 76.3 cm³/mol. The molecule has 0 atom stereocenters. The summed E-state index contributed by atoms with van der Waals surface area (Å²) in [5.74, 6) is -0.249. The van der Waals surface area contributed by atoms with Crippen molar-refractivity contribution in [3.63, 3.8) is 0 Å². The van der Waals surface area contributed by atoms with Crippen LogP contribution in [0.1, 0.15) is 20.8 Å². The summed E-state index contributed by atoms with van der Waals surface area (Å²) in [4.78, 5) is 14.1. The first-order valence-electron chi connectivity index (χ1n) is 5.83. The highest BCUT2D eigenvalue weighted by Gasteiger charge is 2.62. The molecule has 0 aromatic carbocycles. The van der Waals surface area contributed by atoms with Crippen LogP contribution in [0.3, 0.4) is 0 Å². The van der Waals surface area contributed by atoms with E-state index in [0.29, 0.717) is 6.54 Å². The van der Waals surface area contributed by atoms with E-state index in [1.54, 1.807) is 4.90 Å². The van der Waals surface area contributed by atoms with Crippen LogP contribution < -0.4 is 0 Å². The SMILES string of the molecule is CC(C)(C)N1CC2(C=CC(Cl)C=C2)C(Cl)(Cl)C1=O. The maximum Gasteiger partial charge on any atom is 0.260 e. The third kappa shape index (κ3) is 1.99. The number of likely N-dealkylation sites (tertiary alicyclic amines) is 1.